The Balaban J connectivity index is 1.94. The minimum atomic E-state index is 0.648. The normalized spacial score (nSPS) is 10.8. The number of aromatic nitrogens is 4. The molecule has 0 saturated carbocycles. The molecule has 3 rings (SSSR count). The van der Waals surface area contributed by atoms with Crippen molar-refractivity contribution in [1.82, 2.24) is 19.6 Å². The van der Waals surface area contributed by atoms with Gasteiger partial charge < -0.3 is 5.73 Å². The Morgan fingerprint density at radius 1 is 1.21 bits per heavy atom. The van der Waals surface area contributed by atoms with Gasteiger partial charge in [-0.25, -0.2) is 4.68 Å². The van der Waals surface area contributed by atoms with Crippen LogP contribution in [-0.4, -0.2) is 19.6 Å². The Kier molecular flexibility index (Phi) is 2.87. The van der Waals surface area contributed by atoms with Crippen molar-refractivity contribution in [2.45, 2.75) is 0 Å². The lowest BCUT2D eigenvalue weighted by molar-refractivity contribution is 0.782. The number of nitrogens with two attached hydrogens (primary N) is 1. The third-order valence-corrected chi connectivity index (χ3v) is 3.30. The number of hydrogen-bond acceptors (Lipinski definition) is 3. The molecule has 3 aromatic rings. The summed E-state index contributed by atoms with van der Waals surface area (Å²) >= 11 is 3.38. The summed E-state index contributed by atoms with van der Waals surface area (Å²) in [7, 11) is 1.83. The summed E-state index contributed by atoms with van der Waals surface area (Å²) in [4.78, 5) is 0. The number of benzene rings is 1. The molecule has 1 aromatic carbocycles. The van der Waals surface area contributed by atoms with Gasteiger partial charge in [-0.3, -0.25) is 4.68 Å². The third kappa shape index (κ3) is 2.26. The quantitative estimate of drug-likeness (QED) is 0.790. The molecule has 5 nitrogen and oxygen atoms in total. The number of nitrogens with zero attached hydrogens (tertiary/aromatic N) is 4. The molecular formula is C13H12BrN5. The Bertz CT molecular complexity index is 691. The molecule has 0 saturated heterocycles. The molecule has 6 heteroatoms. The van der Waals surface area contributed by atoms with Crippen LogP contribution in [0.15, 0.2) is 47.2 Å². The Hall–Kier alpha value is -2.08. The van der Waals surface area contributed by atoms with Gasteiger partial charge in [-0.05, 0) is 28.1 Å². The van der Waals surface area contributed by atoms with E-state index in [4.69, 9.17) is 5.73 Å². The SMILES string of the molecule is Cn1nc(-c2ccc(-n3cc(Br)cn3)cc2)cc1N. The Morgan fingerprint density at radius 2 is 1.95 bits per heavy atom. The van der Waals surface area contributed by atoms with Crippen molar-refractivity contribution in [3.05, 3.63) is 47.2 Å². The number of halogens is 1. The van der Waals surface area contributed by atoms with Gasteiger partial charge in [0.1, 0.15) is 5.82 Å². The van der Waals surface area contributed by atoms with E-state index in [0.29, 0.717) is 5.82 Å². The van der Waals surface area contributed by atoms with E-state index in [1.165, 1.54) is 0 Å². The topological polar surface area (TPSA) is 61.7 Å². The van der Waals surface area contributed by atoms with E-state index in [2.05, 4.69) is 26.1 Å². The first-order valence-corrected chi connectivity index (χ1v) is 6.53. The lowest BCUT2D eigenvalue weighted by Crippen LogP contribution is -1.96. The molecule has 96 valence electrons. The lowest BCUT2D eigenvalue weighted by Gasteiger charge is -2.02. The molecule has 2 N–H and O–H groups in total. The van der Waals surface area contributed by atoms with Crippen molar-refractivity contribution in [2.24, 2.45) is 7.05 Å². The smallest absolute Gasteiger partial charge is 0.121 e. The van der Waals surface area contributed by atoms with Gasteiger partial charge in [0.15, 0.2) is 0 Å². The second-order valence-electron chi connectivity index (χ2n) is 4.23. The highest BCUT2D eigenvalue weighted by Gasteiger charge is 2.05. The van der Waals surface area contributed by atoms with Gasteiger partial charge in [-0.1, -0.05) is 12.1 Å². The van der Waals surface area contributed by atoms with Gasteiger partial charge in [-0.15, -0.1) is 0 Å². The first kappa shape index (κ1) is 12.0. The predicted octanol–water partition coefficient (Wildman–Crippen LogP) is 2.62. The summed E-state index contributed by atoms with van der Waals surface area (Å²) in [5.74, 6) is 0.648. The molecule has 2 aromatic heterocycles. The molecular weight excluding hydrogens is 306 g/mol. The Morgan fingerprint density at radius 3 is 2.47 bits per heavy atom. The highest BCUT2D eigenvalue weighted by Crippen LogP contribution is 2.21. The summed E-state index contributed by atoms with van der Waals surface area (Å²) in [5, 5.41) is 8.59. The summed E-state index contributed by atoms with van der Waals surface area (Å²) in [6, 6.07) is 9.87. The largest absolute Gasteiger partial charge is 0.384 e. The minimum Gasteiger partial charge on any atom is -0.384 e. The monoisotopic (exact) mass is 317 g/mol. The van der Waals surface area contributed by atoms with Crippen LogP contribution in [0.3, 0.4) is 0 Å². The molecule has 0 atom stereocenters. The van der Waals surface area contributed by atoms with Crippen molar-refractivity contribution >= 4 is 21.7 Å². The summed E-state index contributed by atoms with van der Waals surface area (Å²) < 4.78 is 4.42. The fourth-order valence-electron chi connectivity index (χ4n) is 1.85. The fourth-order valence-corrected chi connectivity index (χ4v) is 2.14. The van der Waals surface area contributed by atoms with E-state index in [1.807, 2.05) is 43.6 Å². The van der Waals surface area contributed by atoms with Gasteiger partial charge in [0.25, 0.3) is 0 Å². The zero-order valence-corrected chi connectivity index (χ0v) is 11.9. The lowest BCUT2D eigenvalue weighted by atomic mass is 10.1. The van der Waals surface area contributed by atoms with E-state index in [9.17, 15) is 0 Å². The van der Waals surface area contributed by atoms with Gasteiger partial charge in [0, 0.05) is 24.9 Å². The zero-order chi connectivity index (χ0) is 13.4. The van der Waals surface area contributed by atoms with Crippen LogP contribution in [0.25, 0.3) is 16.9 Å². The molecule has 19 heavy (non-hydrogen) atoms. The maximum atomic E-state index is 5.78. The fraction of sp³-hybridized carbons (Fsp3) is 0.0769. The zero-order valence-electron chi connectivity index (χ0n) is 10.3. The van der Waals surface area contributed by atoms with E-state index in [1.54, 1.807) is 15.6 Å². The highest BCUT2D eigenvalue weighted by atomic mass is 79.9. The average molecular weight is 318 g/mol. The maximum absolute atomic E-state index is 5.78. The average Bonchev–Trinajstić information content (AvgIpc) is 2.97. The molecule has 0 aliphatic heterocycles. The predicted molar refractivity (Wildman–Crippen MR) is 77.9 cm³/mol. The molecule has 0 aliphatic carbocycles. The highest BCUT2D eigenvalue weighted by molar-refractivity contribution is 9.10. The van der Waals surface area contributed by atoms with E-state index in [-0.39, 0.29) is 0 Å². The molecule has 0 unspecified atom stereocenters. The van der Waals surface area contributed by atoms with Crippen molar-refractivity contribution in [3.63, 3.8) is 0 Å². The first-order chi connectivity index (χ1) is 9.13. The van der Waals surface area contributed by atoms with Crippen molar-refractivity contribution in [2.75, 3.05) is 5.73 Å². The van der Waals surface area contributed by atoms with E-state index < -0.39 is 0 Å². The minimum absolute atomic E-state index is 0.648. The molecule has 0 amide bonds. The van der Waals surface area contributed by atoms with Gasteiger partial charge in [0.05, 0.1) is 22.1 Å². The number of hydrogen-bond donors (Lipinski definition) is 1. The number of aryl methyl sites for hydroxylation is 1. The first-order valence-electron chi connectivity index (χ1n) is 5.74. The van der Waals surface area contributed by atoms with Gasteiger partial charge in [-0.2, -0.15) is 10.2 Å². The Labute approximate surface area is 118 Å². The molecule has 0 fully saturated rings. The molecule has 0 radical (unpaired) electrons. The van der Waals surface area contributed by atoms with Crippen LogP contribution in [0.2, 0.25) is 0 Å². The van der Waals surface area contributed by atoms with Crippen molar-refractivity contribution in [1.29, 1.82) is 0 Å². The van der Waals surface area contributed by atoms with Crippen LogP contribution >= 0.6 is 15.9 Å². The van der Waals surface area contributed by atoms with Gasteiger partial charge >= 0.3 is 0 Å². The van der Waals surface area contributed by atoms with Crippen LogP contribution < -0.4 is 5.73 Å². The summed E-state index contributed by atoms with van der Waals surface area (Å²) in [6.45, 7) is 0. The standard InChI is InChI=1S/C13H12BrN5/c1-18-13(15)6-12(17-18)9-2-4-11(5-3-9)19-8-10(14)7-16-19/h2-8H,15H2,1H3. The molecule has 0 aliphatic rings. The van der Waals surface area contributed by atoms with Crippen LogP contribution in [0.1, 0.15) is 0 Å². The van der Waals surface area contributed by atoms with Crippen LogP contribution in [0.4, 0.5) is 5.82 Å². The number of nitrogen functional groups attached to an aromatic ring is 1. The second kappa shape index (κ2) is 4.55. The van der Waals surface area contributed by atoms with Crippen LogP contribution in [-0.2, 0) is 7.05 Å². The summed E-state index contributed by atoms with van der Waals surface area (Å²) in [6.07, 6.45) is 3.67. The van der Waals surface area contributed by atoms with Crippen molar-refractivity contribution in [3.8, 4) is 16.9 Å². The van der Waals surface area contributed by atoms with E-state index >= 15 is 0 Å². The second-order valence-corrected chi connectivity index (χ2v) is 5.14. The summed E-state index contributed by atoms with van der Waals surface area (Å²) in [5.41, 5.74) is 8.68. The third-order valence-electron chi connectivity index (χ3n) is 2.89. The molecule has 0 bridgehead atoms. The number of rotatable bonds is 2. The van der Waals surface area contributed by atoms with Crippen molar-refractivity contribution < 1.29 is 0 Å². The molecule has 2 heterocycles. The molecule has 0 spiro atoms. The number of anilines is 1. The van der Waals surface area contributed by atoms with Crippen LogP contribution in [0.5, 0.6) is 0 Å². The van der Waals surface area contributed by atoms with Crippen LogP contribution in [0, 0.1) is 0 Å². The maximum Gasteiger partial charge on any atom is 0.121 e. The van der Waals surface area contributed by atoms with Gasteiger partial charge in [0.2, 0.25) is 0 Å². The van der Waals surface area contributed by atoms with E-state index in [0.717, 1.165) is 21.4 Å².